The lowest BCUT2D eigenvalue weighted by molar-refractivity contribution is 0.469. The summed E-state index contributed by atoms with van der Waals surface area (Å²) in [5, 5.41) is 31.0. The molecule has 0 saturated heterocycles. The topological polar surface area (TPSA) is 60.7 Å². The second-order valence-electron chi connectivity index (χ2n) is 7.15. The van der Waals surface area contributed by atoms with Crippen molar-refractivity contribution in [3.05, 3.63) is 103 Å². The third-order valence-electron chi connectivity index (χ3n) is 5.12. The molecule has 0 atom stereocenters. The summed E-state index contributed by atoms with van der Waals surface area (Å²) in [7, 11) is 0. The zero-order valence-electron chi connectivity index (χ0n) is 16.9. The molecule has 0 aromatic heterocycles. The Balaban J connectivity index is 2.31. The van der Waals surface area contributed by atoms with Crippen LogP contribution in [0, 0.1) is 0 Å². The van der Waals surface area contributed by atoms with Crippen molar-refractivity contribution in [1.82, 2.24) is 0 Å². The smallest absolute Gasteiger partial charge is 0.119 e. The molecule has 3 rings (SSSR count). The molecular formula is C27H26O3. The molecule has 0 radical (unpaired) electrons. The van der Waals surface area contributed by atoms with Gasteiger partial charge in [0.1, 0.15) is 17.2 Å². The maximum atomic E-state index is 10.6. The van der Waals surface area contributed by atoms with E-state index in [9.17, 15) is 15.3 Å². The first-order valence-corrected chi connectivity index (χ1v) is 9.82. The van der Waals surface area contributed by atoms with Crippen LogP contribution in [0.15, 0.2) is 86.5 Å². The summed E-state index contributed by atoms with van der Waals surface area (Å²) >= 11 is 0. The molecule has 3 aromatic rings. The number of phenolic OH excluding ortho intramolecular Hbond substituents is 3. The monoisotopic (exact) mass is 398 g/mol. The van der Waals surface area contributed by atoms with Crippen molar-refractivity contribution in [3.8, 4) is 39.5 Å². The lowest BCUT2D eigenvalue weighted by atomic mass is 9.87. The minimum atomic E-state index is 0.192. The molecule has 0 heterocycles. The maximum absolute atomic E-state index is 10.6. The standard InChI is InChI=1S/C27H26O3/c1-4-7-19-16-18(10-13-24(19)28)22-12-15-26(30)23(9-6-3)27(22)21-11-14-25(29)20(17-21)8-5-2/h4-6,10-17,28-30H,1-3,7-9H2. The predicted molar refractivity (Wildman–Crippen MR) is 124 cm³/mol. The van der Waals surface area contributed by atoms with Crippen molar-refractivity contribution < 1.29 is 15.3 Å². The van der Waals surface area contributed by atoms with Gasteiger partial charge in [-0.25, -0.2) is 0 Å². The van der Waals surface area contributed by atoms with Crippen LogP contribution in [0.25, 0.3) is 22.3 Å². The van der Waals surface area contributed by atoms with Gasteiger partial charge in [0.15, 0.2) is 0 Å². The third-order valence-corrected chi connectivity index (χ3v) is 5.12. The summed E-state index contributed by atoms with van der Waals surface area (Å²) in [6, 6.07) is 14.5. The van der Waals surface area contributed by atoms with Crippen LogP contribution in [-0.2, 0) is 19.3 Å². The second-order valence-corrected chi connectivity index (χ2v) is 7.15. The van der Waals surface area contributed by atoms with E-state index in [1.165, 1.54) is 0 Å². The summed E-state index contributed by atoms with van der Waals surface area (Å²) < 4.78 is 0. The first-order valence-electron chi connectivity index (χ1n) is 9.82. The Morgan fingerprint density at radius 2 is 1.10 bits per heavy atom. The van der Waals surface area contributed by atoms with E-state index in [4.69, 9.17) is 0 Å². The summed E-state index contributed by atoms with van der Waals surface area (Å²) in [6.07, 6.45) is 6.83. The van der Waals surface area contributed by atoms with E-state index in [-0.39, 0.29) is 17.2 Å². The van der Waals surface area contributed by atoms with Crippen LogP contribution < -0.4 is 0 Å². The Hall–Kier alpha value is -3.72. The Bertz CT molecular complexity index is 1110. The molecule has 3 N–H and O–H groups in total. The van der Waals surface area contributed by atoms with Gasteiger partial charge in [-0.2, -0.15) is 0 Å². The van der Waals surface area contributed by atoms with Crippen molar-refractivity contribution in [2.75, 3.05) is 0 Å². The highest BCUT2D eigenvalue weighted by Crippen LogP contribution is 2.41. The molecule has 0 bridgehead atoms. The number of allylic oxidation sites excluding steroid dienone is 3. The lowest BCUT2D eigenvalue weighted by Crippen LogP contribution is -1.96. The molecule has 152 valence electrons. The minimum absolute atomic E-state index is 0.192. The van der Waals surface area contributed by atoms with E-state index in [1.54, 1.807) is 36.4 Å². The minimum Gasteiger partial charge on any atom is -0.508 e. The number of hydrogen-bond acceptors (Lipinski definition) is 3. The van der Waals surface area contributed by atoms with Crippen LogP contribution in [0.3, 0.4) is 0 Å². The Morgan fingerprint density at radius 3 is 1.67 bits per heavy atom. The molecule has 0 saturated carbocycles. The average Bonchev–Trinajstić information content (AvgIpc) is 2.73. The van der Waals surface area contributed by atoms with Gasteiger partial charge < -0.3 is 15.3 Å². The summed E-state index contributed by atoms with van der Waals surface area (Å²) in [6.45, 7) is 11.4. The van der Waals surface area contributed by atoms with Crippen molar-refractivity contribution in [1.29, 1.82) is 0 Å². The van der Waals surface area contributed by atoms with Crippen molar-refractivity contribution in [2.24, 2.45) is 0 Å². The summed E-state index contributed by atoms with van der Waals surface area (Å²) in [5.41, 5.74) is 5.90. The summed E-state index contributed by atoms with van der Waals surface area (Å²) in [5.74, 6) is 0.629. The van der Waals surface area contributed by atoms with E-state index in [2.05, 4.69) is 19.7 Å². The predicted octanol–water partition coefficient (Wildman–Crippen LogP) is 6.32. The molecule has 0 fully saturated rings. The molecule has 0 spiro atoms. The zero-order chi connectivity index (χ0) is 21.7. The highest BCUT2D eigenvalue weighted by Gasteiger charge is 2.17. The van der Waals surface area contributed by atoms with Crippen LogP contribution in [0.5, 0.6) is 17.2 Å². The fraction of sp³-hybridized carbons (Fsp3) is 0.111. The van der Waals surface area contributed by atoms with E-state index in [0.717, 1.165) is 38.9 Å². The highest BCUT2D eigenvalue weighted by molar-refractivity contribution is 5.88. The van der Waals surface area contributed by atoms with Crippen LogP contribution in [-0.4, -0.2) is 15.3 Å². The van der Waals surface area contributed by atoms with Gasteiger partial charge >= 0.3 is 0 Å². The van der Waals surface area contributed by atoms with Crippen molar-refractivity contribution >= 4 is 0 Å². The zero-order valence-corrected chi connectivity index (χ0v) is 16.9. The maximum Gasteiger partial charge on any atom is 0.119 e. The number of phenols is 3. The van der Waals surface area contributed by atoms with Gasteiger partial charge in [0.2, 0.25) is 0 Å². The van der Waals surface area contributed by atoms with Gasteiger partial charge in [0.05, 0.1) is 0 Å². The molecule has 0 aliphatic carbocycles. The largest absolute Gasteiger partial charge is 0.508 e. The lowest BCUT2D eigenvalue weighted by Gasteiger charge is -2.18. The van der Waals surface area contributed by atoms with Gasteiger partial charge in [-0.1, -0.05) is 36.4 Å². The first-order chi connectivity index (χ1) is 14.5. The second kappa shape index (κ2) is 9.19. The fourth-order valence-corrected chi connectivity index (χ4v) is 3.69. The average molecular weight is 399 g/mol. The van der Waals surface area contributed by atoms with E-state index < -0.39 is 0 Å². The Morgan fingerprint density at radius 1 is 0.600 bits per heavy atom. The SMILES string of the molecule is C=CCc1cc(-c2ccc(O)c(CC=C)c2-c2ccc(O)c(CC=C)c2)ccc1O. The van der Waals surface area contributed by atoms with E-state index in [1.807, 2.05) is 30.3 Å². The molecule has 0 amide bonds. The highest BCUT2D eigenvalue weighted by atomic mass is 16.3. The molecule has 0 unspecified atom stereocenters. The van der Waals surface area contributed by atoms with Crippen molar-refractivity contribution in [3.63, 3.8) is 0 Å². The van der Waals surface area contributed by atoms with Gasteiger partial charge in [-0.05, 0) is 83.0 Å². The first kappa shape index (κ1) is 21.0. The fourth-order valence-electron chi connectivity index (χ4n) is 3.69. The van der Waals surface area contributed by atoms with Gasteiger partial charge in [-0.15, -0.1) is 19.7 Å². The Labute approximate surface area is 177 Å². The van der Waals surface area contributed by atoms with E-state index in [0.29, 0.717) is 19.3 Å². The van der Waals surface area contributed by atoms with Gasteiger partial charge in [0, 0.05) is 5.56 Å². The van der Waals surface area contributed by atoms with Gasteiger partial charge in [-0.3, -0.25) is 0 Å². The van der Waals surface area contributed by atoms with Crippen molar-refractivity contribution in [2.45, 2.75) is 19.3 Å². The molecule has 3 aromatic carbocycles. The molecule has 30 heavy (non-hydrogen) atoms. The number of rotatable bonds is 8. The molecule has 0 aliphatic heterocycles. The van der Waals surface area contributed by atoms with Crippen LogP contribution >= 0.6 is 0 Å². The van der Waals surface area contributed by atoms with Crippen LogP contribution in [0.2, 0.25) is 0 Å². The normalized spacial score (nSPS) is 10.5. The Kier molecular flexibility index (Phi) is 6.43. The number of benzene rings is 3. The molecular weight excluding hydrogens is 372 g/mol. The molecule has 3 nitrogen and oxygen atoms in total. The molecule has 3 heteroatoms. The summed E-state index contributed by atoms with van der Waals surface area (Å²) in [4.78, 5) is 0. The third kappa shape index (κ3) is 4.15. The van der Waals surface area contributed by atoms with Gasteiger partial charge in [0.25, 0.3) is 0 Å². The molecule has 0 aliphatic rings. The van der Waals surface area contributed by atoms with Crippen LogP contribution in [0.4, 0.5) is 0 Å². The number of hydrogen-bond donors (Lipinski definition) is 3. The van der Waals surface area contributed by atoms with Crippen LogP contribution in [0.1, 0.15) is 16.7 Å². The number of aromatic hydroxyl groups is 3. The quantitative estimate of drug-likeness (QED) is 0.389. The van der Waals surface area contributed by atoms with E-state index >= 15 is 0 Å².